The van der Waals surface area contributed by atoms with Gasteiger partial charge < -0.3 is 0 Å². The Morgan fingerprint density at radius 2 is 1.92 bits per heavy atom. The highest BCUT2D eigenvalue weighted by Crippen LogP contribution is 2.38. The van der Waals surface area contributed by atoms with Gasteiger partial charge in [-0.1, -0.05) is 5.57 Å². The van der Waals surface area contributed by atoms with Crippen molar-refractivity contribution in [2.45, 2.75) is 45.0 Å². The van der Waals surface area contributed by atoms with E-state index in [2.05, 4.69) is 6.58 Å². The molecule has 0 N–H and O–H groups in total. The molecule has 0 bridgehead atoms. The van der Waals surface area contributed by atoms with E-state index in [1.165, 1.54) is 0 Å². The molecular formula is C10H16F2. The Bertz CT molecular complexity index is 163. The van der Waals surface area contributed by atoms with Crippen molar-refractivity contribution in [1.82, 2.24) is 0 Å². The molecule has 2 heteroatoms. The summed E-state index contributed by atoms with van der Waals surface area (Å²) in [6.07, 6.45) is 2.41. The number of hydrogen-bond acceptors (Lipinski definition) is 0. The van der Waals surface area contributed by atoms with Gasteiger partial charge in [0.2, 0.25) is 5.92 Å². The summed E-state index contributed by atoms with van der Waals surface area (Å²) in [5.74, 6) is -1.92. The molecule has 0 saturated heterocycles. The van der Waals surface area contributed by atoms with Crippen LogP contribution in [0.25, 0.3) is 0 Å². The predicted molar refractivity (Wildman–Crippen MR) is 46.3 cm³/mol. The lowest BCUT2D eigenvalue weighted by atomic mass is 9.83. The fourth-order valence-electron chi connectivity index (χ4n) is 1.80. The molecule has 0 radical (unpaired) electrons. The maximum atomic E-state index is 12.7. The summed E-state index contributed by atoms with van der Waals surface area (Å²) in [5.41, 5.74) is 1.12. The van der Waals surface area contributed by atoms with E-state index in [0.29, 0.717) is 18.8 Å². The molecule has 0 atom stereocenters. The van der Waals surface area contributed by atoms with Crippen molar-refractivity contribution in [3.63, 3.8) is 0 Å². The Labute approximate surface area is 72.7 Å². The molecule has 0 nitrogen and oxygen atoms in total. The Morgan fingerprint density at radius 3 is 2.33 bits per heavy atom. The fraction of sp³-hybridized carbons (Fsp3) is 0.800. The quantitative estimate of drug-likeness (QED) is 0.559. The molecule has 0 aromatic carbocycles. The van der Waals surface area contributed by atoms with Crippen LogP contribution in [0.1, 0.15) is 39.0 Å². The van der Waals surface area contributed by atoms with Gasteiger partial charge in [0.25, 0.3) is 0 Å². The molecule has 1 aliphatic rings. The highest BCUT2D eigenvalue weighted by Gasteiger charge is 2.34. The average Bonchev–Trinajstić information content (AvgIpc) is 1.93. The molecule has 70 valence electrons. The van der Waals surface area contributed by atoms with E-state index in [9.17, 15) is 8.78 Å². The standard InChI is InChI=1S/C10H16F2/c1-8(2)7-9-3-5-10(11,12)6-4-9/h9H,1,3-7H2,2H3. The fourth-order valence-corrected chi connectivity index (χ4v) is 1.80. The van der Waals surface area contributed by atoms with E-state index >= 15 is 0 Å². The molecule has 0 heterocycles. The summed E-state index contributed by atoms with van der Waals surface area (Å²) in [5, 5.41) is 0. The van der Waals surface area contributed by atoms with E-state index in [1.807, 2.05) is 6.92 Å². The second kappa shape index (κ2) is 3.55. The van der Waals surface area contributed by atoms with Crippen molar-refractivity contribution in [2.75, 3.05) is 0 Å². The topological polar surface area (TPSA) is 0 Å². The zero-order valence-electron chi connectivity index (χ0n) is 7.58. The normalized spacial score (nSPS) is 23.9. The minimum atomic E-state index is -2.38. The summed E-state index contributed by atoms with van der Waals surface area (Å²) < 4.78 is 25.4. The lowest BCUT2D eigenvalue weighted by Gasteiger charge is -2.28. The minimum Gasteiger partial charge on any atom is -0.207 e. The molecule has 0 spiro atoms. The third-order valence-corrected chi connectivity index (χ3v) is 2.47. The molecule has 0 amide bonds. The van der Waals surface area contributed by atoms with Crippen LogP contribution in [0.2, 0.25) is 0 Å². The second-order valence-corrected chi connectivity index (χ2v) is 3.96. The highest BCUT2D eigenvalue weighted by molar-refractivity contribution is 4.92. The van der Waals surface area contributed by atoms with Crippen LogP contribution < -0.4 is 0 Å². The van der Waals surface area contributed by atoms with Crippen molar-refractivity contribution in [1.29, 1.82) is 0 Å². The highest BCUT2D eigenvalue weighted by atomic mass is 19.3. The Kier molecular flexibility index (Phi) is 2.86. The monoisotopic (exact) mass is 174 g/mol. The lowest BCUT2D eigenvalue weighted by molar-refractivity contribution is -0.0456. The zero-order valence-corrected chi connectivity index (χ0v) is 7.58. The van der Waals surface area contributed by atoms with Crippen LogP contribution in [0.4, 0.5) is 8.78 Å². The maximum absolute atomic E-state index is 12.7. The first-order chi connectivity index (χ1) is 5.49. The van der Waals surface area contributed by atoms with Crippen molar-refractivity contribution < 1.29 is 8.78 Å². The zero-order chi connectivity index (χ0) is 9.19. The van der Waals surface area contributed by atoms with Gasteiger partial charge in [0.05, 0.1) is 0 Å². The molecule has 0 unspecified atom stereocenters. The summed E-state index contributed by atoms with van der Waals surface area (Å²) >= 11 is 0. The first-order valence-corrected chi connectivity index (χ1v) is 4.52. The summed E-state index contributed by atoms with van der Waals surface area (Å²) in [6, 6.07) is 0. The first-order valence-electron chi connectivity index (χ1n) is 4.52. The van der Waals surface area contributed by atoms with Gasteiger partial charge in [-0.2, -0.15) is 0 Å². The smallest absolute Gasteiger partial charge is 0.207 e. The van der Waals surface area contributed by atoms with Crippen molar-refractivity contribution >= 4 is 0 Å². The SMILES string of the molecule is C=C(C)CC1CCC(F)(F)CC1. The van der Waals surface area contributed by atoms with Gasteiger partial charge >= 0.3 is 0 Å². The van der Waals surface area contributed by atoms with E-state index in [-0.39, 0.29) is 12.8 Å². The molecular weight excluding hydrogens is 158 g/mol. The number of alkyl halides is 2. The Hall–Kier alpha value is -0.400. The van der Waals surface area contributed by atoms with E-state index in [0.717, 1.165) is 12.0 Å². The van der Waals surface area contributed by atoms with Crippen LogP contribution in [0.15, 0.2) is 12.2 Å². The van der Waals surface area contributed by atoms with Crippen LogP contribution >= 0.6 is 0 Å². The van der Waals surface area contributed by atoms with Gasteiger partial charge in [-0.05, 0) is 32.1 Å². The van der Waals surface area contributed by atoms with Crippen LogP contribution in [0, 0.1) is 5.92 Å². The predicted octanol–water partition coefficient (Wildman–Crippen LogP) is 3.78. The van der Waals surface area contributed by atoms with Crippen LogP contribution in [0.5, 0.6) is 0 Å². The Morgan fingerprint density at radius 1 is 1.42 bits per heavy atom. The van der Waals surface area contributed by atoms with Crippen LogP contribution in [-0.2, 0) is 0 Å². The molecule has 1 saturated carbocycles. The molecule has 12 heavy (non-hydrogen) atoms. The van der Waals surface area contributed by atoms with E-state index in [4.69, 9.17) is 0 Å². The summed E-state index contributed by atoms with van der Waals surface area (Å²) in [7, 11) is 0. The van der Waals surface area contributed by atoms with Crippen molar-refractivity contribution in [2.24, 2.45) is 5.92 Å². The summed E-state index contributed by atoms with van der Waals surface area (Å²) in [4.78, 5) is 0. The molecule has 0 aromatic heterocycles. The van der Waals surface area contributed by atoms with Gasteiger partial charge in [-0.25, -0.2) is 8.78 Å². The van der Waals surface area contributed by atoms with E-state index in [1.54, 1.807) is 0 Å². The molecule has 1 aliphatic carbocycles. The van der Waals surface area contributed by atoms with Gasteiger partial charge in [0, 0.05) is 12.8 Å². The van der Waals surface area contributed by atoms with Crippen LogP contribution in [0.3, 0.4) is 0 Å². The third kappa shape index (κ3) is 2.92. The Balaban J connectivity index is 2.31. The van der Waals surface area contributed by atoms with Crippen molar-refractivity contribution in [3.8, 4) is 0 Å². The summed E-state index contributed by atoms with van der Waals surface area (Å²) in [6.45, 7) is 5.76. The third-order valence-electron chi connectivity index (χ3n) is 2.47. The van der Waals surface area contributed by atoms with E-state index < -0.39 is 5.92 Å². The number of halogens is 2. The number of allylic oxidation sites excluding steroid dienone is 1. The molecule has 1 rings (SSSR count). The minimum absolute atomic E-state index is 0.0744. The first kappa shape index (κ1) is 9.69. The maximum Gasteiger partial charge on any atom is 0.248 e. The van der Waals surface area contributed by atoms with Gasteiger partial charge in [-0.3, -0.25) is 0 Å². The van der Waals surface area contributed by atoms with Crippen LogP contribution in [-0.4, -0.2) is 5.92 Å². The number of hydrogen-bond donors (Lipinski definition) is 0. The molecule has 1 fully saturated rings. The lowest BCUT2D eigenvalue weighted by Crippen LogP contribution is -2.24. The molecule has 0 aliphatic heterocycles. The van der Waals surface area contributed by atoms with Gasteiger partial charge in [0.1, 0.15) is 0 Å². The van der Waals surface area contributed by atoms with Crippen molar-refractivity contribution in [3.05, 3.63) is 12.2 Å². The van der Waals surface area contributed by atoms with Gasteiger partial charge in [0.15, 0.2) is 0 Å². The number of rotatable bonds is 2. The average molecular weight is 174 g/mol. The largest absolute Gasteiger partial charge is 0.248 e. The molecule has 0 aromatic rings. The second-order valence-electron chi connectivity index (χ2n) is 3.96. The van der Waals surface area contributed by atoms with Gasteiger partial charge in [-0.15, -0.1) is 6.58 Å².